The van der Waals surface area contributed by atoms with E-state index < -0.39 is 0 Å². The van der Waals surface area contributed by atoms with Crippen molar-refractivity contribution in [3.05, 3.63) is 133 Å². The van der Waals surface area contributed by atoms with Crippen molar-refractivity contribution >= 4 is 86.0 Å². The number of aromatic nitrogens is 1. The number of fused-ring (bicyclic) bond motifs is 1. The highest BCUT2D eigenvalue weighted by molar-refractivity contribution is 8.19. The number of thioether (sulfide) groups is 1. The zero-order chi connectivity index (χ0) is 28.7. The largest absolute Gasteiger partial charge is 0.342 e. The van der Waals surface area contributed by atoms with Crippen molar-refractivity contribution < 1.29 is 4.79 Å². The van der Waals surface area contributed by atoms with Crippen molar-refractivity contribution in [1.29, 1.82) is 0 Å². The molecule has 1 aliphatic heterocycles. The van der Waals surface area contributed by atoms with Crippen LogP contribution in [0, 0.1) is 13.8 Å². The summed E-state index contributed by atoms with van der Waals surface area (Å²) in [5, 5.41) is 3.50. The highest BCUT2D eigenvalue weighted by Gasteiger charge is 2.35. The molecule has 4 aromatic carbocycles. The standard InChI is InChI=1S/C33H24Cl3N3OS/c1-20-7-13-25(16-28(20)35)37-33-39(26-14-8-21(2)29(36)17-26)32(40)31(41-33)15-23-19-38(30-6-4-3-5-27(23)30)18-22-9-11-24(34)12-10-22/h3-17,19H,18H2,1-2H3/b31-15-,37-33?. The second kappa shape index (κ2) is 11.4. The fourth-order valence-electron chi connectivity index (χ4n) is 4.71. The zero-order valence-electron chi connectivity index (χ0n) is 22.2. The van der Waals surface area contributed by atoms with Gasteiger partial charge < -0.3 is 4.57 Å². The van der Waals surface area contributed by atoms with E-state index in [-0.39, 0.29) is 5.91 Å². The van der Waals surface area contributed by atoms with Crippen molar-refractivity contribution in [2.45, 2.75) is 20.4 Å². The summed E-state index contributed by atoms with van der Waals surface area (Å²) in [5.41, 5.74) is 6.38. The van der Waals surface area contributed by atoms with Crippen molar-refractivity contribution in [2.24, 2.45) is 4.99 Å². The first-order valence-corrected chi connectivity index (χ1v) is 14.9. The van der Waals surface area contributed by atoms with Gasteiger partial charge in [-0.25, -0.2) is 4.99 Å². The summed E-state index contributed by atoms with van der Waals surface area (Å²) in [6.07, 6.45) is 4.03. The third-order valence-electron chi connectivity index (χ3n) is 6.97. The quantitative estimate of drug-likeness (QED) is 0.184. The molecule has 0 unspecified atom stereocenters. The smallest absolute Gasteiger partial charge is 0.271 e. The second-order valence-electron chi connectivity index (χ2n) is 9.87. The number of aryl methyl sites for hydroxylation is 2. The van der Waals surface area contributed by atoms with Crippen molar-refractivity contribution in [3.8, 4) is 0 Å². The minimum atomic E-state index is -0.165. The summed E-state index contributed by atoms with van der Waals surface area (Å²) in [5.74, 6) is -0.165. The van der Waals surface area contributed by atoms with Crippen molar-refractivity contribution in [1.82, 2.24) is 4.57 Å². The number of amides is 1. The van der Waals surface area contributed by atoms with Crippen molar-refractivity contribution in [3.63, 3.8) is 0 Å². The molecule has 2 heterocycles. The number of nitrogens with zero attached hydrogens (tertiary/aromatic N) is 3. The first kappa shape index (κ1) is 27.7. The molecule has 1 aromatic heterocycles. The molecule has 0 atom stereocenters. The first-order chi connectivity index (χ1) is 19.8. The molecule has 41 heavy (non-hydrogen) atoms. The average Bonchev–Trinajstić information content (AvgIpc) is 3.45. The SMILES string of the molecule is Cc1ccc(N=C2S/C(=C\c3cn(Cc4ccc(Cl)cc4)c4ccccc34)C(=O)N2c2ccc(C)c(Cl)c2)cc1Cl. The Hall–Kier alpha value is -3.48. The molecule has 0 radical (unpaired) electrons. The van der Waals surface area contributed by atoms with Crippen LogP contribution in [-0.4, -0.2) is 15.6 Å². The number of amidine groups is 1. The van der Waals surface area contributed by atoms with E-state index in [2.05, 4.69) is 22.9 Å². The molecule has 8 heteroatoms. The van der Waals surface area contributed by atoms with Crippen LogP contribution in [0.2, 0.25) is 15.1 Å². The first-order valence-electron chi connectivity index (χ1n) is 12.9. The van der Waals surface area contributed by atoms with Gasteiger partial charge in [-0.15, -0.1) is 0 Å². The van der Waals surface area contributed by atoms with E-state index in [1.54, 1.807) is 17.0 Å². The van der Waals surface area contributed by atoms with Gasteiger partial charge >= 0.3 is 0 Å². The monoisotopic (exact) mass is 615 g/mol. The van der Waals surface area contributed by atoms with E-state index in [1.165, 1.54) is 11.8 Å². The van der Waals surface area contributed by atoms with E-state index in [4.69, 9.17) is 39.8 Å². The van der Waals surface area contributed by atoms with Gasteiger partial charge in [0.2, 0.25) is 0 Å². The summed E-state index contributed by atoms with van der Waals surface area (Å²) in [6.45, 7) is 4.55. The molecule has 204 valence electrons. The summed E-state index contributed by atoms with van der Waals surface area (Å²) < 4.78 is 2.19. The van der Waals surface area contributed by atoms with Gasteiger partial charge in [-0.3, -0.25) is 9.69 Å². The normalized spacial score (nSPS) is 15.5. The lowest BCUT2D eigenvalue weighted by Crippen LogP contribution is -2.28. The van der Waals surface area contributed by atoms with Gasteiger partial charge in [0, 0.05) is 44.3 Å². The number of halogens is 3. The van der Waals surface area contributed by atoms with Crippen LogP contribution in [0.3, 0.4) is 0 Å². The fourth-order valence-corrected chi connectivity index (χ4v) is 6.18. The second-order valence-corrected chi connectivity index (χ2v) is 12.1. The lowest BCUT2D eigenvalue weighted by atomic mass is 10.1. The van der Waals surface area contributed by atoms with E-state index in [0.29, 0.717) is 43.1 Å². The van der Waals surface area contributed by atoms with Gasteiger partial charge in [0.15, 0.2) is 5.17 Å². The number of carbonyl (C=O) groups is 1. The van der Waals surface area contributed by atoms with Gasteiger partial charge in [-0.2, -0.15) is 0 Å². The molecule has 6 rings (SSSR count). The Kier molecular flexibility index (Phi) is 7.71. The summed E-state index contributed by atoms with van der Waals surface area (Å²) in [6, 6.07) is 27.2. The Morgan fingerprint density at radius 2 is 1.56 bits per heavy atom. The minimum Gasteiger partial charge on any atom is -0.342 e. The average molecular weight is 617 g/mol. The predicted molar refractivity (Wildman–Crippen MR) is 175 cm³/mol. The highest BCUT2D eigenvalue weighted by Crippen LogP contribution is 2.39. The Bertz CT molecular complexity index is 1880. The number of anilines is 1. The van der Waals surface area contributed by atoms with Gasteiger partial charge in [-0.1, -0.05) is 77.3 Å². The Morgan fingerprint density at radius 1 is 0.854 bits per heavy atom. The Labute approximate surface area is 257 Å². The highest BCUT2D eigenvalue weighted by atomic mass is 35.5. The predicted octanol–water partition coefficient (Wildman–Crippen LogP) is 10.1. The number of aliphatic imine (C=N–C) groups is 1. The molecule has 5 aromatic rings. The summed E-state index contributed by atoms with van der Waals surface area (Å²) in [4.78, 5) is 21.0. The van der Waals surface area contributed by atoms with Crippen LogP contribution in [0.1, 0.15) is 22.3 Å². The third-order valence-corrected chi connectivity index (χ3v) is 9.01. The maximum Gasteiger partial charge on any atom is 0.271 e. The summed E-state index contributed by atoms with van der Waals surface area (Å²) >= 11 is 20.3. The van der Waals surface area contributed by atoms with Crippen molar-refractivity contribution in [2.75, 3.05) is 4.90 Å². The van der Waals surface area contributed by atoms with Gasteiger partial charge in [-0.05, 0) is 90.8 Å². The van der Waals surface area contributed by atoms with Gasteiger partial charge in [0.05, 0.1) is 16.3 Å². The molecule has 0 saturated carbocycles. The Balaban J connectivity index is 1.43. The minimum absolute atomic E-state index is 0.165. The molecule has 1 aliphatic rings. The van der Waals surface area contributed by atoms with Crippen LogP contribution >= 0.6 is 46.6 Å². The van der Waals surface area contributed by atoms with E-state index >= 15 is 0 Å². The van der Waals surface area contributed by atoms with Crippen LogP contribution < -0.4 is 4.90 Å². The molecular weight excluding hydrogens is 593 g/mol. The molecule has 0 N–H and O–H groups in total. The van der Waals surface area contributed by atoms with Gasteiger partial charge in [0.1, 0.15) is 0 Å². The zero-order valence-corrected chi connectivity index (χ0v) is 25.3. The van der Waals surface area contributed by atoms with E-state index in [1.807, 2.05) is 80.6 Å². The van der Waals surface area contributed by atoms with Crippen LogP contribution in [0.15, 0.2) is 101 Å². The molecule has 4 nitrogen and oxygen atoms in total. The van der Waals surface area contributed by atoms with E-state index in [0.717, 1.165) is 33.2 Å². The maximum absolute atomic E-state index is 14.0. The number of carbonyl (C=O) groups excluding carboxylic acids is 1. The van der Waals surface area contributed by atoms with E-state index in [9.17, 15) is 4.79 Å². The maximum atomic E-state index is 14.0. The number of rotatable bonds is 5. The number of benzene rings is 4. The topological polar surface area (TPSA) is 37.6 Å². The molecule has 0 spiro atoms. The fraction of sp³-hybridized carbons (Fsp3) is 0.0909. The molecular formula is C33H24Cl3N3OS. The van der Waals surface area contributed by atoms with Gasteiger partial charge in [0.25, 0.3) is 5.91 Å². The van der Waals surface area contributed by atoms with Crippen LogP contribution in [-0.2, 0) is 11.3 Å². The molecule has 1 saturated heterocycles. The van der Waals surface area contributed by atoms with Crippen LogP contribution in [0.25, 0.3) is 17.0 Å². The Morgan fingerprint density at radius 3 is 2.29 bits per heavy atom. The number of para-hydroxylation sites is 1. The number of hydrogen-bond donors (Lipinski definition) is 0. The molecule has 0 aliphatic carbocycles. The van der Waals surface area contributed by atoms with Crippen LogP contribution in [0.5, 0.6) is 0 Å². The third kappa shape index (κ3) is 5.68. The van der Waals surface area contributed by atoms with Crippen LogP contribution in [0.4, 0.5) is 11.4 Å². The molecule has 1 amide bonds. The lowest BCUT2D eigenvalue weighted by Gasteiger charge is -2.16. The summed E-state index contributed by atoms with van der Waals surface area (Å²) in [7, 11) is 0. The lowest BCUT2D eigenvalue weighted by molar-refractivity contribution is -0.113. The molecule has 1 fully saturated rings. The number of hydrogen-bond acceptors (Lipinski definition) is 3. The molecule has 0 bridgehead atoms.